The van der Waals surface area contributed by atoms with Gasteiger partial charge in [-0.3, -0.25) is 0 Å². The zero-order chi connectivity index (χ0) is 13.0. The lowest BCUT2D eigenvalue weighted by Crippen LogP contribution is -1.99. The average Bonchev–Trinajstić information content (AvgIpc) is 2.38. The molecule has 1 heterocycles. The van der Waals surface area contributed by atoms with Crippen molar-refractivity contribution in [2.45, 2.75) is 0 Å². The van der Waals surface area contributed by atoms with Crippen LogP contribution < -0.4 is 0 Å². The van der Waals surface area contributed by atoms with Gasteiger partial charge in [0, 0.05) is 23.0 Å². The second kappa shape index (κ2) is 5.30. The monoisotopic (exact) mass is 258 g/mol. The Kier molecular flexibility index (Phi) is 3.56. The molecule has 0 radical (unpaired) electrons. The molecule has 2 rings (SSSR count). The lowest BCUT2D eigenvalue weighted by molar-refractivity contribution is 0.0696. The third-order valence-corrected chi connectivity index (χ3v) is 2.31. The molecular weight excluding hydrogens is 252 g/mol. The molecule has 0 atom stereocenters. The molecule has 0 aliphatic rings. The van der Waals surface area contributed by atoms with E-state index in [-0.39, 0.29) is 11.4 Å². The van der Waals surface area contributed by atoms with Gasteiger partial charge in [-0.05, 0) is 30.2 Å². The van der Waals surface area contributed by atoms with Gasteiger partial charge in [-0.25, -0.2) is 14.8 Å². The molecule has 88 valence electrons. The molecule has 1 N–H and O–H groups in total. The number of carboxylic acids is 1. The first-order valence-electron chi connectivity index (χ1n) is 4.98. The number of aromatic nitrogens is 2. The molecule has 5 heteroatoms. The SMILES string of the molecule is O=C(O)c1cnc(C#Cc2ccc(Cl)cc2)nc1. The van der Waals surface area contributed by atoms with Gasteiger partial charge in [0.2, 0.25) is 5.82 Å². The van der Waals surface area contributed by atoms with Crippen molar-refractivity contribution in [3.05, 3.63) is 58.6 Å². The molecular formula is C13H7ClN2O2. The first kappa shape index (κ1) is 12.1. The van der Waals surface area contributed by atoms with E-state index in [0.717, 1.165) is 5.56 Å². The minimum absolute atomic E-state index is 0.0343. The van der Waals surface area contributed by atoms with E-state index in [4.69, 9.17) is 16.7 Å². The molecule has 2 aromatic rings. The molecule has 0 saturated heterocycles. The fourth-order valence-electron chi connectivity index (χ4n) is 1.16. The smallest absolute Gasteiger partial charge is 0.338 e. The van der Waals surface area contributed by atoms with E-state index in [2.05, 4.69) is 21.8 Å². The minimum atomic E-state index is -1.06. The van der Waals surface area contributed by atoms with Gasteiger partial charge in [0.1, 0.15) is 0 Å². The van der Waals surface area contributed by atoms with Crippen molar-refractivity contribution < 1.29 is 9.90 Å². The Bertz CT molecular complexity index is 625. The Balaban J connectivity index is 2.19. The zero-order valence-corrected chi connectivity index (χ0v) is 9.85. The van der Waals surface area contributed by atoms with Crippen LogP contribution in [-0.2, 0) is 0 Å². The van der Waals surface area contributed by atoms with Crippen molar-refractivity contribution >= 4 is 17.6 Å². The Morgan fingerprint density at radius 1 is 1.11 bits per heavy atom. The van der Waals surface area contributed by atoms with Crippen LogP contribution in [0.4, 0.5) is 0 Å². The summed E-state index contributed by atoms with van der Waals surface area (Å²) in [5.74, 6) is 4.80. The standard InChI is InChI=1S/C13H7ClN2O2/c14-11-4-1-9(2-5-11)3-6-12-15-7-10(8-16-12)13(17)18/h1-2,4-5,7-8H,(H,17,18). The Hall–Kier alpha value is -2.38. The quantitative estimate of drug-likeness (QED) is 0.797. The highest BCUT2D eigenvalue weighted by molar-refractivity contribution is 6.30. The second-order valence-electron chi connectivity index (χ2n) is 3.36. The van der Waals surface area contributed by atoms with Crippen LogP contribution in [-0.4, -0.2) is 21.0 Å². The van der Waals surface area contributed by atoms with E-state index in [1.165, 1.54) is 12.4 Å². The minimum Gasteiger partial charge on any atom is -0.478 e. The van der Waals surface area contributed by atoms with Crippen LogP contribution in [0.1, 0.15) is 21.7 Å². The summed E-state index contributed by atoms with van der Waals surface area (Å²) in [6, 6.07) is 7.03. The lowest BCUT2D eigenvalue weighted by atomic mass is 10.2. The maximum Gasteiger partial charge on any atom is 0.338 e. The second-order valence-corrected chi connectivity index (χ2v) is 3.79. The van der Waals surface area contributed by atoms with E-state index in [9.17, 15) is 4.79 Å². The summed E-state index contributed by atoms with van der Waals surface area (Å²) in [7, 11) is 0. The van der Waals surface area contributed by atoms with Crippen molar-refractivity contribution in [3.63, 3.8) is 0 Å². The number of carbonyl (C=O) groups is 1. The molecule has 0 saturated carbocycles. The molecule has 0 aliphatic heterocycles. The first-order valence-corrected chi connectivity index (χ1v) is 5.36. The maximum atomic E-state index is 10.6. The van der Waals surface area contributed by atoms with Gasteiger partial charge in [0.05, 0.1) is 5.56 Å². The normalized spacial score (nSPS) is 9.39. The molecule has 1 aromatic heterocycles. The van der Waals surface area contributed by atoms with Gasteiger partial charge in [-0.15, -0.1) is 0 Å². The highest BCUT2D eigenvalue weighted by Gasteiger charge is 2.02. The van der Waals surface area contributed by atoms with E-state index in [1.807, 2.05) is 0 Å². The third kappa shape index (κ3) is 3.06. The van der Waals surface area contributed by atoms with Crippen molar-refractivity contribution in [1.29, 1.82) is 0 Å². The van der Waals surface area contributed by atoms with Gasteiger partial charge < -0.3 is 5.11 Å². The summed E-state index contributed by atoms with van der Waals surface area (Å²) in [6.07, 6.45) is 2.45. The average molecular weight is 259 g/mol. The van der Waals surface area contributed by atoms with Crippen molar-refractivity contribution in [3.8, 4) is 11.8 Å². The number of halogens is 1. The van der Waals surface area contributed by atoms with Crippen molar-refractivity contribution in [1.82, 2.24) is 9.97 Å². The summed E-state index contributed by atoms with van der Waals surface area (Å²) in [5, 5.41) is 9.32. The molecule has 0 bridgehead atoms. The Morgan fingerprint density at radius 2 is 1.72 bits per heavy atom. The molecule has 0 aliphatic carbocycles. The van der Waals surface area contributed by atoms with Gasteiger partial charge in [0.25, 0.3) is 0 Å². The predicted octanol–water partition coefficient (Wildman–Crippen LogP) is 2.23. The van der Waals surface area contributed by atoms with Gasteiger partial charge in [-0.1, -0.05) is 17.5 Å². The van der Waals surface area contributed by atoms with Crippen LogP contribution in [0.25, 0.3) is 0 Å². The van der Waals surface area contributed by atoms with E-state index in [0.29, 0.717) is 5.02 Å². The van der Waals surface area contributed by atoms with E-state index in [1.54, 1.807) is 24.3 Å². The number of hydrogen-bond acceptors (Lipinski definition) is 3. The van der Waals surface area contributed by atoms with Crippen LogP contribution in [0.15, 0.2) is 36.7 Å². The first-order chi connectivity index (χ1) is 8.65. The van der Waals surface area contributed by atoms with Crippen molar-refractivity contribution in [2.24, 2.45) is 0 Å². The van der Waals surface area contributed by atoms with Gasteiger partial charge in [0.15, 0.2) is 0 Å². The fraction of sp³-hybridized carbons (Fsp3) is 0. The van der Waals surface area contributed by atoms with Crippen LogP contribution in [0.5, 0.6) is 0 Å². The largest absolute Gasteiger partial charge is 0.478 e. The highest BCUT2D eigenvalue weighted by atomic mass is 35.5. The molecule has 0 fully saturated rings. The van der Waals surface area contributed by atoms with Crippen molar-refractivity contribution in [2.75, 3.05) is 0 Å². The van der Waals surface area contributed by atoms with Crippen LogP contribution in [0.2, 0.25) is 5.02 Å². The summed E-state index contributed by atoms with van der Waals surface area (Å²) in [6.45, 7) is 0. The van der Waals surface area contributed by atoms with Crippen LogP contribution in [0, 0.1) is 11.8 Å². The maximum absolute atomic E-state index is 10.6. The molecule has 0 spiro atoms. The number of hydrogen-bond donors (Lipinski definition) is 1. The van der Waals surface area contributed by atoms with E-state index < -0.39 is 5.97 Å². The molecule has 18 heavy (non-hydrogen) atoms. The van der Waals surface area contributed by atoms with Gasteiger partial charge >= 0.3 is 5.97 Å². The summed E-state index contributed by atoms with van der Waals surface area (Å²) >= 11 is 5.75. The van der Waals surface area contributed by atoms with E-state index >= 15 is 0 Å². The Morgan fingerprint density at radius 3 is 2.28 bits per heavy atom. The van der Waals surface area contributed by atoms with Crippen LogP contribution >= 0.6 is 11.6 Å². The lowest BCUT2D eigenvalue weighted by Gasteiger charge is -1.92. The number of nitrogens with zero attached hydrogens (tertiary/aromatic N) is 2. The molecule has 0 unspecified atom stereocenters. The molecule has 0 amide bonds. The summed E-state index contributed by atoms with van der Waals surface area (Å²) in [4.78, 5) is 18.3. The zero-order valence-electron chi connectivity index (χ0n) is 9.09. The topological polar surface area (TPSA) is 63.1 Å². The molecule has 1 aromatic carbocycles. The highest BCUT2D eigenvalue weighted by Crippen LogP contribution is 2.08. The third-order valence-electron chi connectivity index (χ3n) is 2.06. The summed E-state index contributed by atoms with van der Waals surface area (Å²) < 4.78 is 0. The predicted molar refractivity (Wildman–Crippen MR) is 66.4 cm³/mol. The number of carboxylic acid groups (broad SMARTS) is 1. The van der Waals surface area contributed by atoms with Crippen LogP contribution in [0.3, 0.4) is 0 Å². The number of benzene rings is 1. The fourth-order valence-corrected chi connectivity index (χ4v) is 1.29. The molecule has 4 nitrogen and oxygen atoms in total. The summed E-state index contributed by atoms with van der Waals surface area (Å²) in [5.41, 5.74) is 0.817. The van der Waals surface area contributed by atoms with Gasteiger partial charge in [-0.2, -0.15) is 0 Å². The number of aromatic carboxylic acids is 1. The number of rotatable bonds is 1. The Labute approximate surface area is 108 Å².